The number of nitrogens with zero attached hydrogens (tertiary/aromatic N) is 3. The summed E-state index contributed by atoms with van der Waals surface area (Å²) in [5, 5.41) is 0.727. The van der Waals surface area contributed by atoms with Gasteiger partial charge in [0.15, 0.2) is 0 Å². The molecule has 2 atom stereocenters. The zero-order chi connectivity index (χ0) is 15.5. The molecule has 2 heterocycles. The molecule has 0 bridgehead atoms. The monoisotopic (exact) mass is 318 g/mol. The van der Waals surface area contributed by atoms with Crippen LogP contribution in [0.3, 0.4) is 0 Å². The molecule has 5 nitrogen and oxygen atoms in total. The molecule has 0 amide bonds. The molecule has 2 aromatic rings. The summed E-state index contributed by atoms with van der Waals surface area (Å²) in [6, 6.07) is 9.82. The number of anilines is 1. The molecule has 116 valence electrons. The van der Waals surface area contributed by atoms with Gasteiger partial charge in [-0.15, -0.1) is 0 Å². The van der Waals surface area contributed by atoms with Gasteiger partial charge >= 0.3 is 0 Å². The standard InChI is InChI=1S/C16H19ClN4O/c1-11-10-22-14(12-3-2-4-13(17)7-12)8-21(11)9-16-19-6-5-15(18)20-16/h2-7,11,14H,8-10H2,1H3,(H2,18,19,20)/t11-,14+/m0/s1. The van der Waals surface area contributed by atoms with Gasteiger partial charge in [-0.05, 0) is 30.7 Å². The third kappa shape index (κ3) is 3.55. The van der Waals surface area contributed by atoms with Crippen LogP contribution in [0, 0.1) is 0 Å². The van der Waals surface area contributed by atoms with E-state index >= 15 is 0 Å². The lowest BCUT2D eigenvalue weighted by Gasteiger charge is -2.37. The van der Waals surface area contributed by atoms with E-state index in [4.69, 9.17) is 22.1 Å². The summed E-state index contributed by atoms with van der Waals surface area (Å²) in [6.07, 6.45) is 1.70. The third-order valence-corrected chi connectivity index (χ3v) is 4.09. The second-order valence-electron chi connectivity index (χ2n) is 5.55. The molecule has 1 aliphatic heterocycles. The molecule has 1 aromatic carbocycles. The fourth-order valence-electron chi connectivity index (χ4n) is 2.61. The maximum absolute atomic E-state index is 6.07. The van der Waals surface area contributed by atoms with Crippen LogP contribution >= 0.6 is 11.6 Å². The van der Waals surface area contributed by atoms with E-state index in [9.17, 15) is 0 Å². The maximum atomic E-state index is 6.07. The number of rotatable bonds is 3. The average molecular weight is 319 g/mol. The minimum absolute atomic E-state index is 0.0101. The lowest BCUT2D eigenvalue weighted by Crippen LogP contribution is -2.44. The highest BCUT2D eigenvalue weighted by atomic mass is 35.5. The number of ether oxygens (including phenoxy) is 1. The minimum Gasteiger partial charge on any atom is -0.384 e. The van der Waals surface area contributed by atoms with E-state index in [2.05, 4.69) is 21.8 Å². The Morgan fingerprint density at radius 1 is 1.41 bits per heavy atom. The van der Waals surface area contributed by atoms with Crippen LogP contribution in [0.2, 0.25) is 5.02 Å². The van der Waals surface area contributed by atoms with Gasteiger partial charge in [0.05, 0.1) is 19.3 Å². The lowest BCUT2D eigenvalue weighted by molar-refractivity contribution is -0.0640. The summed E-state index contributed by atoms with van der Waals surface area (Å²) in [7, 11) is 0. The SMILES string of the molecule is C[C@H]1CO[C@@H](c2cccc(Cl)c2)CN1Cc1nccc(N)n1. The van der Waals surface area contributed by atoms with E-state index in [0.717, 1.165) is 23.0 Å². The van der Waals surface area contributed by atoms with Gasteiger partial charge in [0.2, 0.25) is 0 Å². The molecule has 6 heteroatoms. The van der Waals surface area contributed by atoms with E-state index in [-0.39, 0.29) is 6.10 Å². The van der Waals surface area contributed by atoms with Crippen molar-refractivity contribution in [2.75, 3.05) is 18.9 Å². The fourth-order valence-corrected chi connectivity index (χ4v) is 2.81. The minimum atomic E-state index is 0.0101. The Morgan fingerprint density at radius 2 is 2.27 bits per heavy atom. The van der Waals surface area contributed by atoms with Gasteiger partial charge in [0.25, 0.3) is 0 Å². The first-order valence-corrected chi connectivity index (χ1v) is 7.68. The molecule has 0 unspecified atom stereocenters. The van der Waals surface area contributed by atoms with Crippen molar-refractivity contribution in [3.63, 3.8) is 0 Å². The van der Waals surface area contributed by atoms with Gasteiger partial charge in [0.1, 0.15) is 11.6 Å². The molecule has 1 saturated heterocycles. The van der Waals surface area contributed by atoms with Crippen molar-refractivity contribution in [2.24, 2.45) is 0 Å². The highest BCUT2D eigenvalue weighted by Gasteiger charge is 2.27. The Kier molecular flexibility index (Phi) is 4.57. The summed E-state index contributed by atoms with van der Waals surface area (Å²) in [6.45, 7) is 4.24. The van der Waals surface area contributed by atoms with Gasteiger partial charge in [-0.2, -0.15) is 0 Å². The number of hydrogen-bond donors (Lipinski definition) is 1. The first-order valence-electron chi connectivity index (χ1n) is 7.30. The van der Waals surface area contributed by atoms with Gasteiger partial charge in [0, 0.05) is 23.8 Å². The van der Waals surface area contributed by atoms with Crippen LogP contribution in [0.4, 0.5) is 5.82 Å². The van der Waals surface area contributed by atoms with Crippen LogP contribution < -0.4 is 5.73 Å². The smallest absolute Gasteiger partial charge is 0.144 e. The van der Waals surface area contributed by atoms with Crippen LogP contribution in [-0.4, -0.2) is 34.1 Å². The largest absolute Gasteiger partial charge is 0.384 e. The normalized spacial score (nSPS) is 22.6. The predicted molar refractivity (Wildman–Crippen MR) is 86.5 cm³/mol. The number of nitrogens with two attached hydrogens (primary N) is 1. The zero-order valence-electron chi connectivity index (χ0n) is 12.4. The average Bonchev–Trinajstić information content (AvgIpc) is 2.49. The van der Waals surface area contributed by atoms with Crippen LogP contribution in [0.25, 0.3) is 0 Å². The summed E-state index contributed by atoms with van der Waals surface area (Å²) in [4.78, 5) is 10.9. The van der Waals surface area contributed by atoms with Gasteiger partial charge < -0.3 is 10.5 Å². The number of halogens is 1. The van der Waals surface area contributed by atoms with E-state index < -0.39 is 0 Å². The third-order valence-electron chi connectivity index (χ3n) is 3.85. The molecule has 3 rings (SSSR count). The molecule has 1 fully saturated rings. The van der Waals surface area contributed by atoms with Crippen LogP contribution in [-0.2, 0) is 11.3 Å². The maximum Gasteiger partial charge on any atom is 0.144 e. The first-order chi connectivity index (χ1) is 10.6. The zero-order valence-corrected chi connectivity index (χ0v) is 13.2. The fraction of sp³-hybridized carbons (Fsp3) is 0.375. The molecule has 0 saturated carbocycles. The Morgan fingerprint density at radius 3 is 3.05 bits per heavy atom. The Labute approximate surface area is 135 Å². The van der Waals surface area contributed by atoms with Crippen LogP contribution in [0.5, 0.6) is 0 Å². The molecule has 0 aliphatic carbocycles. The number of nitrogen functional groups attached to an aromatic ring is 1. The summed E-state index contributed by atoms with van der Waals surface area (Å²) in [5.74, 6) is 1.23. The molecule has 1 aromatic heterocycles. The second kappa shape index (κ2) is 6.60. The number of benzene rings is 1. The molecular formula is C16H19ClN4O. The highest BCUT2D eigenvalue weighted by Crippen LogP contribution is 2.27. The molecule has 0 spiro atoms. The van der Waals surface area contributed by atoms with Crippen LogP contribution in [0.15, 0.2) is 36.5 Å². The molecular weight excluding hydrogens is 300 g/mol. The van der Waals surface area contributed by atoms with E-state index in [1.807, 2.05) is 24.3 Å². The molecule has 22 heavy (non-hydrogen) atoms. The summed E-state index contributed by atoms with van der Waals surface area (Å²) in [5.41, 5.74) is 6.82. The van der Waals surface area contributed by atoms with E-state index in [1.54, 1.807) is 12.3 Å². The summed E-state index contributed by atoms with van der Waals surface area (Å²) < 4.78 is 5.96. The van der Waals surface area contributed by atoms with Gasteiger partial charge in [-0.3, -0.25) is 4.90 Å². The second-order valence-corrected chi connectivity index (χ2v) is 5.99. The Hall–Kier alpha value is -1.69. The number of aromatic nitrogens is 2. The van der Waals surface area contributed by atoms with Crippen molar-refractivity contribution < 1.29 is 4.74 Å². The molecule has 1 aliphatic rings. The van der Waals surface area contributed by atoms with E-state index in [0.29, 0.717) is 25.0 Å². The Bertz CT molecular complexity index is 652. The van der Waals surface area contributed by atoms with Crippen molar-refractivity contribution in [1.29, 1.82) is 0 Å². The molecule has 2 N–H and O–H groups in total. The Balaban J connectivity index is 1.73. The summed E-state index contributed by atoms with van der Waals surface area (Å²) >= 11 is 6.07. The first kappa shape index (κ1) is 15.2. The van der Waals surface area contributed by atoms with Crippen molar-refractivity contribution >= 4 is 17.4 Å². The number of morpholine rings is 1. The van der Waals surface area contributed by atoms with Crippen LogP contribution in [0.1, 0.15) is 24.4 Å². The van der Waals surface area contributed by atoms with Crippen molar-refractivity contribution in [1.82, 2.24) is 14.9 Å². The predicted octanol–water partition coefficient (Wildman–Crippen LogP) is 2.67. The highest BCUT2D eigenvalue weighted by molar-refractivity contribution is 6.30. The van der Waals surface area contributed by atoms with Crippen molar-refractivity contribution in [3.05, 3.63) is 52.9 Å². The quantitative estimate of drug-likeness (QED) is 0.942. The van der Waals surface area contributed by atoms with E-state index in [1.165, 1.54) is 0 Å². The van der Waals surface area contributed by atoms with Gasteiger partial charge in [-0.1, -0.05) is 23.7 Å². The van der Waals surface area contributed by atoms with Crippen molar-refractivity contribution in [3.8, 4) is 0 Å². The topological polar surface area (TPSA) is 64.3 Å². The van der Waals surface area contributed by atoms with Gasteiger partial charge in [-0.25, -0.2) is 9.97 Å². The molecule has 0 radical (unpaired) electrons. The number of hydrogen-bond acceptors (Lipinski definition) is 5. The van der Waals surface area contributed by atoms with Crippen molar-refractivity contribution in [2.45, 2.75) is 25.6 Å². The lowest BCUT2D eigenvalue weighted by atomic mass is 10.1.